The van der Waals surface area contributed by atoms with Crippen LogP contribution in [0.5, 0.6) is 0 Å². The maximum absolute atomic E-state index is 6.53. The molecule has 100 valence electrons. The summed E-state index contributed by atoms with van der Waals surface area (Å²) in [4.78, 5) is 0. The van der Waals surface area contributed by atoms with Crippen molar-refractivity contribution in [3.05, 3.63) is 71.3 Å². The SMILES string of the molecule is CCc1cccc(C(N)C(C)(C)c2ccccc2)c1. The molecule has 0 spiro atoms. The van der Waals surface area contributed by atoms with Crippen LogP contribution in [0.25, 0.3) is 0 Å². The molecule has 0 fully saturated rings. The molecule has 0 saturated carbocycles. The molecule has 1 unspecified atom stereocenters. The molecule has 0 heterocycles. The molecule has 19 heavy (non-hydrogen) atoms. The monoisotopic (exact) mass is 253 g/mol. The van der Waals surface area contributed by atoms with Gasteiger partial charge in [-0.15, -0.1) is 0 Å². The van der Waals surface area contributed by atoms with Gasteiger partial charge in [0.2, 0.25) is 0 Å². The summed E-state index contributed by atoms with van der Waals surface area (Å²) in [6, 6.07) is 19.1. The van der Waals surface area contributed by atoms with Gasteiger partial charge >= 0.3 is 0 Å². The number of hydrogen-bond acceptors (Lipinski definition) is 1. The molecule has 0 amide bonds. The molecule has 2 aromatic carbocycles. The molecule has 0 aliphatic heterocycles. The van der Waals surface area contributed by atoms with Crippen molar-refractivity contribution in [1.29, 1.82) is 0 Å². The Morgan fingerprint density at radius 2 is 1.68 bits per heavy atom. The average molecular weight is 253 g/mol. The summed E-state index contributed by atoms with van der Waals surface area (Å²) in [6.07, 6.45) is 1.05. The molecule has 0 bridgehead atoms. The van der Waals surface area contributed by atoms with E-state index < -0.39 is 0 Å². The van der Waals surface area contributed by atoms with Gasteiger partial charge in [0.15, 0.2) is 0 Å². The predicted molar refractivity (Wildman–Crippen MR) is 82.2 cm³/mol. The quantitative estimate of drug-likeness (QED) is 0.867. The van der Waals surface area contributed by atoms with Gasteiger partial charge in [0.05, 0.1) is 0 Å². The lowest BCUT2D eigenvalue weighted by atomic mass is 9.75. The molecular formula is C18H23N. The largest absolute Gasteiger partial charge is 0.323 e. The summed E-state index contributed by atoms with van der Waals surface area (Å²) in [6.45, 7) is 6.60. The van der Waals surface area contributed by atoms with Crippen LogP contribution in [0.1, 0.15) is 43.5 Å². The molecule has 0 aliphatic rings. The topological polar surface area (TPSA) is 26.0 Å². The Hall–Kier alpha value is -1.60. The Labute approximate surface area is 116 Å². The van der Waals surface area contributed by atoms with Gasteiger partial charge in [0.1, 0.15) is 0 Å². The van der Waals surface area contributed by atoms with Crippen molar-refractivity contribution in [1.82, 2.24) is 0 Å². The van der Waals surface area contributed by atoms with E-state index in [2.05, 4.69) is 69.3 Å². The van der Waals surface area contributed by atoms with Crippen LogP contribution in [0.3, 0.4) is 0 Å². The maximum Gasteiger partial charge on any atom is 0.0387 e. The first-order valence-corrected chi connectivity index (χ1v) is 6.95. The number of rotatable bonds is 4. The summed E-state index contributed by atoms with van der Waals surface area (Å²) in [5.41, 5.74) is 10.3. The van der Waals surface area contributed by atoms with Crippen LogP contribution >= 0.6 is 0 Å². The van der Waals surface area contributed by atoms with Crippen LogP contribution in [-0.2, 0) is 11.8 Å². The third-order valence-corrected chi connectivity index (χ3v) is 4.01. The molecule has 2 aromatic rings. The molecule has 0 saturated heterocycles. The average Bonchev–Trinajstić information content (AvgIpc) is 2.47. The van der Waals surface area contributed by atoms with E-state index in [-0.39, 0.29) is 11.5 Å². The van der Waals surface area contributed by atoms with Crippen molar-refractivity contribution in [2.24, 2.45) is 5.73 Å². The fourth-order valence-electron chi connectivity index (χ4n) is 2.47. The predicted octanol–water partition coefficient (Wildman–Crippen LogP) is 4.23. The van der Waals surface area contributed by atoms with Crippen molar-refractivity contribution >= 4 is 0 Å². The normalized spacial score (nSPS) is 13.3. The Bertz CT molecular complexity index is 528. The molecule has 0 aliphatic carbocycles. The third-order valence-electron chi connectivity index (χ3n) is 4.01. The summed E-state index contributed by atoms with van der Waals surface area (Å²) < 4.78 is 0. The highest BCUT2D eigenvalue weighted by Crippen LogP contribution is 2.35. The van der Waals surface area contributed by atoms with E-state index in [9.17, 15) is 0 Å². The van der Waals surface area contributed by atoms with Gasteiger partial charge in [-0.1, -0.05) is 75.4 Å². The maximum atomic E-state index is 6.53. The van der Waals surface area contributed by atoms with E-state index in [0.717, 1.165) is 6.42 Å². The lowest BCUT2D eigenvalue weighted by Crippen LogP contribution is -2.33. The number of aryl methyl sites for hydroxylation is 1. The Balaban J connectivity index is 2.34. The van der Waals surface area contributed by atoms with Crippen LogP contribution in [-0.4, -0.2) is 0 Å². The smallest absolute Gasteiger partial charge is 0.0387 e. The minimum Gasteiger partial charge on any atom is -0.323 e. The fraction of sp³-hybridized carbons (Fsp3) is 0.333. The molecule has 2 rings (SSSR count). The third kappa shape index (κ3) is 2.87. The van der Waals surface area contributed by atoms with E-state index in [1.807, 2.05) is 6.07 Å². The Morgan fingerprint density at radius 3 is 2.32 bits per heavy atom. The Morgan fingerprint density at radius 1 is 1.00 bits per heavy atom. The lowest BCUT2D eigenvalue weighted by Gasteiger charge is -2.32. The standard InChI is InChI=1S/C18H23N/c1-4-14-9-8-10-15(13-14)17(19)18(2,3)16-11-6-5-7-12-16/h5-13,17H,4,19H2,1-3H3. The van der Waals surface area contributed by atoms with Crippen LogP contribution in [0, 0.1) is 0 Å². The van der Waals surface area contributed by atoms with Gasteiger partial charge in [-0.2, -0.15) is 0 Å². The van der Waals surface area contributed by atoms with E-state index >= 15 is 0 Å². The number of nitrogens with two attached hydrogens (primary N) is 1. The molecule has 1 heteroatoms. The van der Waals surface area contributed by atoms with E-state index in [4.69, 9.17) is 5.73 Å². The van der Waals surface area contributed by atoms with Crippen LogP contribution in [0.15, 0.2) is 54.6 Å². The first kappa shape index (κ1) is 13.8. The second kappa shape index (κ2) is 5.58. The summed E-state index contributed by atoms with van der Waals surface area (Å²) in [5, 5.41) is 0. The van der Waals surface area contributed by atoms with Gasteiger partial charge in [0, 0.05) is 11.5 Å². The first-order valence-electron chi connectivity index (χ1n) is 6.95. The van der Waals surface area contributed by atoms with Crippen molar-refractivity contribution < 1.29 is 0 Å². The summed E-state index contributed by atoms with van der Waals surface area (Å²) in [7, 11) is 0. The minimum absolute atomic E-state index is 0.00130. The second-order valence-electron chi connectivity index (χ2n) is 5.66. The first-order chi connectivity index (χ1) is 9.05. The zero-order valence-corrected chi connectivity index (χ0v) is 12.1. The van der Waals surface area contributed by atoms with E-state index in [0.29, 0.717) is 0 Å². The molecular weight excluding hydrogens is 230 g/mol. The molecule has 1 nitrogen and oxygen atoms in total. The van der Waals surface area contributed by atoms with Gasteiger partial charge in [0.25, 0.3) is 0 Å². The highest BCUT2D eigenvalue weighted by atomic mass is 14.7. The van der Waals surface area contributed by atoms with Crippen molar-refractivity contribution in [2.45, 2.75) is 38.6 Å². The van der Waals surface area contributed by atoms with Gasteiger partial charge < -0.3 is 5.73 Å². The van der Waals surface area contributed by atoms with Crippen molar-refractivity contribution in [3.8, 4) is 0 Å². The van der Waals surface area contributed by atoms with Crippen molar-refractivity contribution in [2.75, 3.05) is 0 Å². The number of benzene rings is 2. The summed E-state index contributed by atoms with van der Waals surface area (Å²) >= 11 is 0. The Kier molecular flexibility index (Phi) is 4.06. The number of hydrogen-bond donors (Lipinski definition) is 1. The molecule has 0 aromatic heterocycles. The van der Waals surface area contributed by atoms with E-state index in [1.54, 1.807) is 0 Å². The van der Waals surface area contributed by atoms with Gasteiger partial charge in [-0.25, -0.2) is 0 Å². The lowest BCUT2D eigenvalue weighted by molar-refractivity contribution is 0.420. The van der Waals surface area contributed by atoms with E-state index in [1.165, 1.54) is 16.7 Å². The molecule has 0 radical (unpaired) electrons. The van der Waals surface area contributed by atoms with Crippen LogP contribution in [0.4, 0.5) is 0 Å². The highest BCUT2D eigenvalue weighted by molar-refractivity contribution is 5.33. The van der Waals surface area contributed by atoms with Crippen LogP contribution in [0.2, 0.25) is 0 Å². The highest BCUT2D eigenvalue weighted by Gasteiger charge is 2.29. The second-order valence-corrected chi connectivity index (χ2v) is 5.66. The summed E-state index contributed by atoms with van der Waals surface area (Å²) in [5.74, 6) is 0. The van der Waals surface area contributed by atoms with Gasteiger partial charge in [-0.05, 0) is 23.1 Å². The minimum atomic E-state index is -0.0758. The fourth-order valence-corrected chi connectivity index (χ4v) is 2.47. The molecule has 1 atom stereocenters. The van der Waals surface area contributed by atoms with Crippen molar-refractivity contribution in [3.63, 3.8) is 0 Å². The zero-order chi connectivity index (χ0) is 13.9. The zero-order valence-electron chi connectivity index (χ0n) is 12.1. The van der Waals surface area contributed by atoms with Gasteiger partial charge in [-0.3, -0.25) is 0 Å². The van der Waals surface area contributed by atoms with Crippen LogP contribution < -0.4 is 5.73 Å². The molecule has 2 N–H and O–H groups in total.